The first-order chi connectivity index (χ1) is 12.2. The Bertz CT molecular complexity index is 902. The van der Waals surface area contributed by atoms with Crippen LogP contribution in [0.15, 0.2) is 41.3 Å². The molecule has 26 heavy (non-hydrogen) atoms. The second kappa shape index (κ2) is 8.20. The molecule has 0 fully saturated rings. The Hall–Kier alpha value is -1.89. The topological polar surface area (TPSA) is 72.5 Å². The van der Waals surface area contributed by atoms with E-state index in [2.05, 4.69) is 4.72 Å². The number of benzene rings is 2. The zero-order valence-electron chi connectivity index (χ0n) is 15.2. The Morgan fingerprint density at radius 2 is 1.73 bits per heavy atom. The zero-order chi connectivity index (χ0) is 19.5. The van der Waals surface area contributed by atoms with Gasteiger partial charge >= 0.3 is 5.97 Å². The second-order valence-electron chi connectivity index (χ2n) is 6.20. The van der Waals surface area contributed by atoms with E-state index in [-0.39, 0.29) is 11.3 Å². The summed E-state index contributed by atoms with van der Waals surface area (Å²) in [7, 11) is -2.61. The molecule has 0 aliphatic rings. The lowest BCUT2D eigenvalue weighted by molar-refractivity contribution is -0.141. The number of methoxy groups -OCH3 is 1. The number of nitrogens with one attached hydrogen (secondary N) is 1. The van der Waals surface area contributed by atoms with Crippen molar-refractivity contribution in [1.29, 1.82) is 0 Å². The Morgan fingerprint density at radius 3 is 2.27 bits per heavy atom. The van der Waals surface area contributed by atoms with Crippen molar-refractivity contribution >= 4 is 27.6 Å². The molecule has 0 saturated heterocycles. The fraction of sp³-hybridized carbons (Fsp3) is 0.316. The van der Waals surface area contributed by atoms with Crippen LogP contribution in [0.4, 0.5) is 0 Å². The Balaban J connectivity index is 2.48. The summed E-state index contributed by atoms with van der Waals surface area (Å²) in [6, 6.07) is 9.61. The van der Waals surface area contributed by atoms with E-state index in [1.54, 1.807) is 38.1 Å². The van der Waals surface area contributed by atoms with Gasteiger partial charge in [-0.3, -0.25) is 4.79 Å². The van der Waals surface area contributed by atoms with Gasteiger partial charge in [0.15, 0.2) is 0 Å². The quantitative estimate of drug-likeness (QED) is 0.754. The van der Waals surface area contributed by atoms with Crippen molar-refractivity contribution in [3.8, 4) is 0 Å². The van der Waals surface area contributed by atoms with Crippen LogP contribution in [-0.4, -0.2) is 21.5 Å². The highest BCUT2D eigenvalue weighted by Gasteiger charge is 2.27. The van der Waals surface area contributed by atoms with Gasteiger partial charge in [0, 0.05) is 5.02 Å². The second-order valence-corrected chi connectivity index (χ2v) is 8.26. The third-order valence-electron chi connectivity index (χ3n) is 4.05. The van der Waals surface area contributed by atoms with Gasteiger partial charge in [0.2, 0.25) is 10.0 Å². The highest BCUT2D eigenvalue weighted by molar-refractivity contribution is 7.89. The fourth-order valence-corrected chi connectivity index (χ4v) is 5.00. The van der Waals surface area contributed by atoms with Crippen molar-refractivity contribution in [2.24, 2.45) is 0 Å². The van der Waals surface area contributed by atoms with E-state index in [9.17, 15) is 13.2 Å². The summed E-state index contributed by atoms with van der Waals surface area (Å²) in [5.74, 6) is -0.532. The maximum absolute atomic E-state index is 13.0. The van der Waals surface area contributed by atoms with Crippen molar-refractivity contribution in [3.05, 3.63) is 63.7 Å². The Kier molecular flexibility index (Phi) is 6.44. The molecule has 1 unspecified atom stereocenters. The number of hydrogen-bond donors (Lipinski definition) is 1. The number of aryl methyl sites for hydroxylation is 3. The van der Waals surface area contributed by atoms with Crippen LogP contribution < -0.4 is 4.72 Å². The number of esters is 1. The van der Waals surface area contributed by atoms with E-state index in [4.69, 9.17) is 16.3 Å². The first kappa shape index (κ1) is 20.4. The molecule has 0 aromatic heterocycles. The third kappa shape index (κ3) is 4.63. The van der Waals surface area contributed by atoms with Crippen molar-refractivity contribution in [3.63, 3.8) is 0 Å². The summed E-state index contributed by atoms with van der Waals surface area (Å²) in [5.41, 5.74) is 2.79. The summed E-state index contributed by atoms with van der Waals surface area (Å²) in [4.78, 5) is 12.0. The molecule has 1 atom stereocenters. The largest absolute Gasteiger partial charge is 0.469 e. The minimum absolute atomic E-state index is 0.163. The van der Waals surface area contributed by atoms with Gasteiger partial charge in [-0.25, -0.2) is 13.1 Å². The molecule has 0 radical (unpaired) electrons. The summed E-state index contributed by atoms with van der Waals surface area (Å²) >= 11 is 6.22. The van der Waals surface area contributed by atoms with Crippen LogP contribution in [0, 0.1) is 20.8 Å². The van der Waals surface area contributed by atoms with Crippen LogP contribution in [0.1, 0.15) is 34.7 Å². The van der Waals surface area contributed by atoms with Gasteiger partial charge in [-0.1, -0.05) is 47.5 Å². The first-order valence-corrected chi connectivity index (χ1v) is 9.93. The highest BCUT2D eigenvalue weighted by atomic mass is 35.5. The Morgan fingerprint density at radius 1 is 1.15 bits per heavy atom. The maximum Gasteiger partial charge on any atom is 0.307 e. The molecule has 5 nitrogen and oxygen atoms in total. The van der Waals surface area contributed by atoms with Gasteiger partial charge in [0.05, 0.1) is 24.5 Å². The lowest BCUT2D eigenvalue weighted by Crippen LogP contribution is -2.31. The lowest BCUT2D eigenvalue weighted by atomic mass is 10.1. The standard InChI is InChI=1S/C19H22ClNO4S/c1-12-9-13(2)19(14(3)10-12)26(23,24)21-17(11-18(22)25-4)15-7-5-6-8-16(15)20/h5-10,17,21H,11H2,1-4H3. The van der Waals surface area contributed by atoms with Gasteiger partial charge in [0.1, 0.15) is 0 Å². The molecule has 7 heteroatoms. The molecular weight excluding hydrogens is 374 g/mol. The monoisotopic (exact) mass is 395 g/mol. The lowest BCUT2D eigenvalue weighted by Gasteiger charge is -2.21. The molecule has 2 rings (SSSR count). The van der Waals surface area contributed by atoms with Gasteiger partial charge in [-0.15, -0.1) is 0 Å². The van der Waals surface area contributed by atoms with Gasteiger partial charge < -0.3 is 4.74 Å². The van der Waals surface area contributed by atoms with Crippen LogP contribution in [0.5, 0.6) is 0 Å². The molecule has 1 N–H and O–H groups in total. The van der Waals surface area contributed by atoms with E-state index in [1.165, 1.54) is 7.11 Å². The van der Waals surface area contributed by atoms with Crippen molar-refractivity contribution in [2.45, 2.75) is 38.1 Å². The number of rotatable bonds is 6. The normalized spacial score (nSPS) is 12.7. The maximum atomic E-state index is 13.0. The van der Waals surface area contributed by atoms with Gasteiger partial charge in [-0.2, -0.15) is 0 Å². The fourth-order valence-electron chi connectivity index (χ4n) is 3.06. The van der Waals surface area contributed by atoms with E-state index in [0.717, 1.165) is 5.56 Å². The summed E-state index contributed by atoms with van der Waals surface area (Å²) in [6.45, 7) is 5.41. The predicted octanol–water partition coefficient (Wildman–Crippen LogP) is 3.85. The number of halogens is 1. The van der Waals surface area contributed by atoms with Gasteiger partial charge in [-0.05, 0) is 43.5 Å². The van der Waals surface area contributed by atoms with Crippen molar-refractivity contribution in [2.75, 3.05) is 7.11 Å². The molecule has 2 aromatic carbocycles. The number of carbonyl (C=O) groups is 1. The molecule has 0 aliphatic carbocycles. The zero-order valence-corrected chi connectivity index (χ0v) is 16.7. The molecule has 2 aromatic rings. The number of ether oxygens (including phenoxy) is 1. The van der Waals surface area contributed by atoms with Crippen LogP contribution in [0.25, 0.3) is 0 Å². The summed E-state index contributed by atoms with van der Waals surface area (Å²) < 4.78 is 33.4. The molecule has 0 saturated carbocycles. The average Bonchev–Trinajstić information content (AvgIpc) is 2.52. The minimum atomic E-state index is -3.87. The minimum Gasteiger partial charge on any atom is -0.469 e. The van der Waals surface area contributed by atoms with E-state index >= 15 is 0 Å². The van der Waals surface area contributed by atoms with E-state index in [1.807, 2.05) is 19.1 Å². The van der Waals surface area contributed by atoms with E-state index in [0.29, 0.717) is 21.7 Å². The summed E-state index contributed by atoms with van der Waals surface area (Å²) in [5, 5.41) is 0.376. The molecule has 0 heterocycles. The predicted molar refractivity (Wildman–Crippen MR) is 102 cm³/mol. The smallest absolute Gasteiger partial charge is 0.307 e. The average molecular weight is 396 g/mol. The van der Waals surface area contributed by atoms with Gasteiger partial charge in [0.25, 0.3) is 0 Å². The number of carbonyl (C=O) groups excluding carboxylic acids is 1. The molecule has 0 bridgehead atoms. The summed E-state index contributed by atoms with van der Waals surface area (Å²) in [6.07, 6.45) is -0.163. The third-order valence-corrected chi connectivity index (χ3v) is 6.17. The molecule has 0 amide bonds. The number of hydrogen-bond acceptors (Lipinski definition) is 4. The molecule has 0 spiro atoms. The van der Waals surface area contributed by atoms with Crippen LogP contribution in [0.3, 0.4) is 0 Å². The SMILES string of the molecule is COC(=O)CC(NS(=O)(=O)c1c(C)cc(C)cc1C)c1ccccc1Cl. The first-order valence-electron chi connectivity index (χ1n) is 8.07. The molecule has 0 aliphatic heterocycles. The highest BCUT2D eigenvalue weighted by Crippen LogP contribution is 2.29. The van der Waals surface area contributed by atoms with Crippen molar-refractivity contribution < 1.29 is 17.9 Å². The van der Waals surface area contributed by atoms with Crippen molar-refractivity contribution in [1.82, 2.24) is 4.72 Å². The van der Waals surface area contributed by atoms with Crippen LogP contribution >= 0.6 is 11.6 Å². The van der Waals surface area contributed by atoms with E-state index < -0.39 is 22.0 Å². The Labute approximate surface area is 159 Å². The van der Waals surface area contributed by atoms with Crippen LogP contribution in [-0.2, 0) is 19.6 Å². The number of sulfonamides is 1. The van der Waals surface area contributed by atoms with Crippen LogP contribution in [0.2, 0.25) is 5.02 Å². The molecule has 140 valence electrons. The molecular formula is C19H22ClNO4S.